The lowest BCUT2D eigenvalue weighted by Crippen LogP contribution is -1.86. The minimum Gasteiger partial charge on any atom is -0.220 e. The zero-order valence-corrected chi connectivity index (χ0v) is 11.0. The molecule has 0 aliphatic carbocycles. The van der Waals surface area contributed by atoms with Gasteiger partial charge in [0.2, 0.25) is 0 Å². The fourth-order valence-electron chi connectivity index (χ4n) is 2.17. The highest BCUT2D eigenvalue weighted by Crippen LogP contribution is 2.37. The van der Waals surface area contributed by atoms with Gasteiger partial charge in [-0.25, -0.2) is 8.42 Å². The van der Waals surface area contributed by atoms with Gasteiger partial charge in [-0.15, -0.1) is 0 Å². The molecule has 1 aliphatic rings. The molecule has 0 atom stereocenters. The first-order valence-electron chi connectivity index (χ1n) is 5.95. The van der Waals surface area contributed by atoms with Gasteiger partial charge < -0.3 is 0 Å². The maximum Gasteiger partial charge on any atom is 0.194 e. The normalized spacial score (nSPS) is 16.8. The molecule has 0 spiro atoms. The molecule has 19 heavy (non-hydrogen) atoms. The van der Waals surface area contributed by atoms with Crippen molar-refractivity contribution >= 4 is 21.0 Å². The highest BCUT2D eigenvalue weighted by molar-refractivity contribution is 7.97. The van der Waals surface area contributed by atoms with Crippen LogP contribution in [0.2, 0.25) is 0 Å². The van der Waals surface area contributed by atoms with E-state index in [-0.39, 0.29) is 0 Å². The molecule has 0 aromatic heterocycles. The fourth-order valence-corrected chi connectivity index (χ4v) is 3.42. The van der Waals surface area contributed by atoms with Gasteiger partial charge in [0.15, 0.2) is 9.84 Å². The summed E-state index contributed by atoms with van der Waals surface area (Å²) in [5.41, 5.74) is 3.34. The molecular weight excluding hydrogens is 256 g/mol. The quantitative estimate of drug-likeness (QED) is 0.835. The minimum atomic E-state index is -3.27. The van der Waals surface area contributed by atoms with E-state index in [1.807, 2.05) is 60.7 Å². The molecular formula is C16H12O2S. The summed E-state index contributed by atoms with van der Waals surface area (Å²) in [6, 6.07) is 19.1. The van der Waals surface area contributed by atoms with E-state index in [1.165, 1.54) is 10.8 Å². The van der Waals surface area contributed by atoms with E-state index >= 15 is 0 Å². The van der Waals surface area contributed by atoms with Crippen LogP contribution in [-0.4, -0.2) is 8.42 Å². The number of hydrogen-bond donors (Lipinski definition) is 0. The Morgan fingerprint density at radius 1 is 0.579 bits per heavy atom. The van der Waals surface area contributed by atoms with Gasteiger partial charge in [-0.1, -0.05) is 60.7 Å². The summed E-state index contributed by atoms with van der Waals surface area (Å²) in [5.74, 6) is 0. The van der Waals surface area contributed by atoms with Crippen LogP contribution in [0.4, 0.5) is 0 Å². The first-order valence-corrected chi connectivity index (χ1v) is 7.56. The predicted octanol–water partition coefficient (Wildman–Crippen LogP) is 3.50. The van der Waals surface area contributed by atoms with Gasteiger partial charge in [-0.3, -0.25) is 0 Å². The minimum absolute atomic E-state index is 0.756. The average molecular weight is 268 g/mol. The smallest absolute Gasteiger partial charge is 0.194 e. The Morgan fingerprint density at radius 2 is 0.947 bits per heavy atom. The number of rotatable bonds is 2. The number of allylic oxidation sites excluding steroid dienone is 2. The van der Waals surface area contributed by atoms with Gasteiger partial charge in [-0.05, 0) is 11.1 Å². The first-order chi connectivity index (χ1) is 9.16. The second kappa shape index (κ2) is 4.52. The topological polar surface area (TPSA) is 34.1 Å². The molecule has 3 heteroatoms. The maximum atomic E-state index is 11.8. The van der Waals surface area contributed by atoms with Crippen LogP contribution >= 0.6 is 0 Å². The Morgan fingerprint density at radius 3 is 1.32 bits per heavy atom. The molecule has 0 bridgehead atoms. The molecule has 1 aliphatic heterocycles. The Balaban J connectivity index is 2.17. The fraction of sp³-hybridized carbons (Fsp3) is 0. The van der Waals surface area contributed by atoms with Crippen LogP contribution < -0.4 is 0 Å². The third-order valence-corrected chi connectivity index (χ3v) is 4.15. The van der Waals surface area contributed by atoms with E-state index in [0.717, 1.165) is 22.3 Å². The number of benzene rings is 2. The van der Waals surface area contributed by atoms with Crippen LogP contribution in [-0.2, 0) is 9.84 Å². The summed E-state index contributed by atoms with van der Waals surface area (Å²) in [5, 5.41) is 2.68. The van der Waals surface area contributed by atoms with E-state index in [0.29, 0.717) is 0 Å². The Hall–Kier alpha value is -2.13. The lowest BCUT2D eigenvalue weighted by Gasteiger charge is -2.07. The van der Waals surface area contributed by atoms with Crippen molar-refractivity contribution in [1.82, 2.24) is 0 Å². The van der Waals surface area contributed by atoms with E-state index in [4.69, 9.17) is 0 Å². The van der Waals surface area contributed by atoms with Crippen LogP contribution in [0.25, 0.3) is 11.1 Å². The van der Waals surface area contributed by atoms with Crippen molar-refractivity contribution in [2.45, 2.75) is 0 Å². The van der Waals surface area contributed by atoms with Crippen LogP contribution in [0.3, 0.4) is 0 Å². The van der Waals surface area contributed by atoms with E-state index in [2.05, 4.69) is 0 Å². The molecule has 0 amide bonds. The summed E-state index contributed by atoms with van der Waals surface area (Å²) in [4.78, 5) is 0. The van der Waals surface area contributed by atoms with Gasteiger partial charge in [-0.2, -0.15) is 0 Å². The largest absolute Gasteiger partial charge is 0.220 e. The number of sulfone groups is 1. The Labute approximate surface area is 112 Å². The summed E-state index contributed by atoms with van der Waals surface area (Å²) in [6.07, 6.45) is 0. The maximum absolute atomic E-state index is 11.8. The first kappa shape index (κ1) is 11.9. The summed E-state index contributed by atoms with van der Waals surface area (Å²) in [7, 11) is -3.27. The van der Waals surface area contributed by atoms with Gasteiger partial charge in [0.05, 0.1) is 0 Å². The molecule has 0 saturated heterocycles. The molecule has 94 valence electrons. The van der Waals surface area contributed by atoms with Gasteiger partial charge in [0, 0.05) is 22.0 Å². The zero-order valence-electron chi connectivity index (χ0n) is 10.2. The Bertz CT molecular complexity index is 693. The Kier molecular flexibility index (Phi) is 2.84. The lowest BCUT2D eigenvalue weighted by molar-refractivity contribution is 0.613. The van der Waals surface area contributed by atoms with E-state index < -0.39 is 9.84 Å². The van der Waals surface area contributed by atoms with Crippen molar-refractivity contribution in [2.75, 3.05) is 0 Å². The molecule has 2 aromatic rings. The van der Waals surface area contributed by atoms with Crippen LogP contribution in [0.1, 0.15) is 11.1 Å². The SMILES string of the molecule is O=S1(=O)C=C(c2ccccc2)C(c2ccccc2)=C1. The second-order valence-electron chi connectivity index (χ2n) is 4.38. The standard InChI is InChI=1S/C16H12O2S/c17-19(18)11-15(13-7-3-1-4-8-13)16(12-19)14-9-5-2-6-10-14/h1-12H. The highest BCUT2D eigenvalue weighted by atomic mass is 32.2. The van der Waals surface area contributed by atoms with Crippen molar-refractivity contribution in [3.63, 3.8) is 0 Å². The van der Waals surface area contributed by atoms with Gasteiger partial charge in [0.25, 0.3) is 0 Å². The number of hydrogen-bond acceptors (Lipinski definition) is 2. The second-order valence-corrected chi connectivity index (χ2v) is 6.03. The average Bonchev–Trinajstić information content (AvgIpc) is 2.77. The van der Waals surface area contributed by atoms with Crippen molar-refractivity contribution in [3.05, 3.63) is 82.6 Å². The molecule has 1 heterocycles. The molecule has 0 saturated carbocycles. The van der Waals surface area contributed by atoms with E-state index in [9.17, 15) is 8.42 Å². The molecule has 0 N–H and O–H groups in total. The predicted molar refractivity (Wildman–Crippen MR) is 77.8 cm³/mol. The van der Waals surface area contributed by atoms with Crippen molar-refractivity contribution < 1.29 is 8.42 Å². The highest BCUT2D eigenvalue weighted by Gasteiger charge is 2.22. The van der Waals surface area contributed by atoms with Crippen LogP contribution in [0.5, 0.6) is 0 Å². The summed E-state index contributed by atoms with van der Waals surface area (Å²) in [6.45, 7) is 0. The van der Waals surface area contributed by atoms with E-state index in [1.54, 1.807) is 0 Å². The van der Waals surface area contributed by atoms with Crippen molar-refractivity contribution in [3.8, 4) is 0 Å². The molecule has 3 rings (SSSR count). The monoisotopic (exact) mass is 268 g/mol. The molecule has 0 fully saturated rings. The zero-order chi connectivity index (χ0) is 13.3. The van der Waals surface area contributed by atoms with Crippen molar-refractivity contribution in [1.29, 1.82) is 0 Å². The third kappa shape index (κ3) is 2.37. The lowest BCUT2D eigenvalue weighted by atomic mass is 9.95. The van der Waals surface area contributed by atoms with Gasteiger partial charge in [0.1, 0.15) is 0 Å². The van der Waals surface area contributed by atoms with Crippen LogP contribution in [0, 0.1) is 0 Å². The summed E-state index contributed by atoms with van der Waals surface area (Å²) >= 11 is 0. The third-order valence-electron chi connectivity index (χ3n) is 3.02. The van der Waals surface area contributed by atoms with Crippen LogP contribution in [0.15, 0.2) is 71.5 Å². The molecule has 2 aromatic carbocycles. The molecule has 0 radical (unpaired) electrons. The molecule has 0 unspecified atom stereocenters. The van der Waals surface area contributed by atoms with Crippen molar-refractivity contribution in [2.24, 2.45) is 0 Å². The summed E-state index contributed by atoms with van der Waals surface area (Å²) < 4.78 is 23.7. The van der Waals surface area contributed by atoms with Gasteiger partial charge >= 0.3 is 0 Å². The molecule has 2 nitrogen and oxygen atoms in total.